The molecule has 18 heavy (non-hydrogen) atoms. The molecule has 0 amide bonds. The number of hydrogen-bond acceptors (Lipinski definition) is 2. The van der Waals surface area contributed by atoms with Gasteiger partial charge in [-0.2, -0.15) is 0 Å². The molecule has 0 saturated heterocycles. The Hall–Kier alpha value is -0.540. The predicted octanol–water partition coefficient (Wildman–Crippen LogP) is 3.88. The highest BCUT2D eigenvalue weighted by atomic mass is 79.9. The molecule has 3 rings (SSSR count). The fraction of sp³-hybridized carbons (Fsp3) is 0.600. The van der Waals surface area contributed by atoms with Crippen molar-refractivity contribution in [3.63, 3.8) is 0 Å². The van der Waals surface area contributed by atoms with Crippen molar-refractivity contribution in [2.45, 2.75) is 50.7 Å². The van der Waals surface area contributed by atoms with Crippen molar-refractivity contribution in [1.82, 2.24) is 0 Å². The number of halogens is 1. The van der Waals surface area contributed by atoms with E-state index in [1.165, 1.54) is 32.1 Å². The Morgan fingerprint density at radius 3 is 2.67 bits per heavy atom. The molecule has 2 nitrogen and oxygen atoms in total. The minimum Gasteiger partial charge on any atom is -0.490 e. The largest absolute Gasteiger partial charge is 0.490 e. The van der Waals surface area contributed by atoms with Gasteiger partial charge in [-0.3, -0.25) is 0 Å². The first kappa shape index (κ1) is 12.5. The van der Waals surface area contributed by atoms with Crippen LogP contribution < -0.4 is 10.5 Å². The smallest absolute Gasteiger partial charge is 0.120 e. The molecule has 2 saturated carbocycles. The topological polar surface area (TPSA) is 35.2 Å². The standard InChI is InChI=1S/C15H20BrNO/c16-11-5-4-6-12(9-11)18-14-10-13(17)15(14)7-2-1-3-8-15/h4-6,9,13-14H,1-3,7-8,10,17H2. The molecule has 3 heteroatoms. The van der Waals surface area contributed by atoms with Gasteiger partial charge >= 0.3 is 0 Å². The highest BCUT2D eigenvalue weighted by Gasteiger charge is 2.54. The molecular formula is C15H20BrNO. The summed E-state index contributed by atoms with van der Waals surface area (Å²) >= 11 is 3.49. The Bertz CT molecular complexity index is 428. The van der Waals surface area contributed by atoms with Crippen LogP contribution in [-0.4, -0.2) is 12.1 Å². The van der Waals surface area contributed by atoms with Gasteiger partial charge in [-0.1, -0.05) is 41.3 Å². The summed E-state index contributed by atoms with van der Waals surface area (Å²) in [5, 5.41) is 0. The number of benzene rings is 1. The van der Waals surface area contributed by atoms with Crippen molar-refractivity contribution in [1.29, 1.82) is 0 Å². The van der Waals surface area contributed by atoms with Gasteiger partial charge in [-0.25, -0.2) is 0 Å². The van der Waals surface area contributed by atoms with E-state index in [-0.39, 0.29) is 5.41 Å². The zero-order valence-electron chi connectivity index (χ0n) is 10.6. The van der Waals surface area contributed by atoms with Gasteiger partial charge in [0.25, 0.3) is 0 Å². The molecule has 2 atom stereocenters. The average molecular weight is 310 g/mol. The molecule has 0 radical (unpaired) electrons. The van der Waals surface area contributed by atoms with Crippen LogP contribution in [0.1, 0.15) is 38.5 Å². The van der Waals surface area contributed by atoms with E-state index in [0.717, 1.165) is 16.6 Å². The summed E-state index contributed by atoms with van der Waals surface area (Å²) in [7, 11) is 0. The molecule has 2 aliphatic rings. The van der Waals surface area contributed by atoms with Crippen molar-refractivity contribution >= 4 is 15.9 Å². The Labute approximate surface area is 117 Å². The molecule has 0 aliphatic heterocycles. The van der Waals surface area contributed by atoms with Crippen LogP contribution in [0.15, 0.2) is 28.7 Å². The minimum absolute atomic E-state index is 0.264. The third-order valence-electron chi connectivity index (χ3n) is 4.71. The zero-order chi connectivity index (χ0) is 12.6. The maximum atomic E-state index is 6.27. The summed E-state index contributed by atoms with van der Waals surface area (Å²) in [5.41, 5.74) is 6.54. The van der Waals surface area contributed by atoms with E-state index < -0.39 is 0 Å². The molecule has 1 aromatic rings. The number of ether oxygens (including phenoxy) is 1. The average Bonchev–Trinajstić information content (AvgIpc) is 2.39. The lowest BCUT2D eigenvalue weighted by molar-refractivity contribution is -0.0898. The van der Waals surface area contributed by atoms with Gasteiger partial charge in [0.05, 0.1) is 0 Å². The first-order valence-corrected chi connectivity index (χ1v) is 7.68. The summed E-state index contributed by atoms with van der Waals surface area (Å²) in [6, 6.07) is 8.46. The van der Waals surface area contributed by atoms with Crippen LogP contribution in [0, 0.1) is 5.41 Å². The monoisotopic (exact) mass is 309 g/mol. The maximum Gasteiger partial charge on any atom is 0.120 e. The van der Waals surface area contributed by atoms with Gasteiger partial charge in [0.2, 0.25) is 0 Å². The van der Waals surface area contributed by atoms with Crippen LogP contribution in [0.3, 0.4) is 0 Å². The van der Waals surface area contributed by atoms with Crippen molar-refractivity contribution in [3.8, 4) is 5.75 Å². The maximum absolute atomic E-state index is 6.27. The van der Waals surface area contributed by atoms with Crippen LogP contribution in [0.5, 0.6) is 5.75 Å². The quantitative estimate of drug-likeness (QED) is 0.900. The lowest BCUT2D eigenvalue weighted by Gasteiger charge is -2.56. The molecule has 1 spiro atoms. The van der Waals surface area contributed by atoms with Gasteiger partial charge < -0.3 is 10.5 Å². The molecule has 1 aromatic carbocycles. The van der Waals surface area contributed by atoms with E-state index in [9.17, 15) is 0 Å². The Kier molecular flexibility index (Phi) is 3.37. The zero-order valence-corrected chi connectivity index (χ0v) is 12.2. The number of rotatable bonds is 2. The van der Waals surface area contributed by atoms with E-state index in [0.29, 0.717) is 12.1 Å². The first-order chi connectivity index (χ1) is 8.71. The number of hydrogen-bond donors (Lipinski definition) is 1. The van der Waals surface area contributed by atoms with Gasteiger partial charge in [-0.05, 0) is 31.0 Å². The van der Waals surface area contributed by atoms with Gasteiger partial charge in [0.1, 0.15) is 11.9 Å². The second-order valence-electron chi connectivity index (χ2n) is 5.70. The highest BCUT2D eigenvalue weighted by Crippen LogP contribution is 2.52. The summed E-state index contributed by atoms with van der Waals surface area (Å²) < 4.78 is 7.26. The number of nitrogens with two attached hydrogens (primary N) is 1. The van der Waals surface area contributed by atoms with Crippen LogP contribution in [0.2, 0.25) is 0 Å². The second kappa shape index (κ2) is 4.86. The van der Waals surface area contributed by atoms with Crippen LogP contribution in [-0.2, 0) is 0 Å². The highest BCUT2D eigenvalue weighted by molar-refractivity contribution is 9.10. The van der Waals surface area contributed by atoms with Crippen molar-refractivity contribution in [3.05, 3.63) is 28.7 Å². The lowest BCUT2D eigenvalue weighted by Crippen LogP contribution is -2.64. The third-order valence-corrected chi connectivity index (χ3v) is 5.20. The van der Waals surface area contributed by atoms with Crippen LogP contribution in [0.25, 0.3) is 0 Å². The van der Waals surface area contributed by atoms with Crippen LogP contribution >= 0.6 is 15.9 Å². The Morgan fingerprint density at radius 2 is 2.00 bits per heavy atom. The summed E-state index contributed by atoms with van der Waals surface area (Å²) in [4.78, 5) is 0. The molecule has 2 fully saturated rings. The van der Waals surface area contributed by atoms with Crippen LogP contribution in [0.4, 0.5) is 0 Å². The van der Waals surface area contributed by atoms with Gasteiger partial charge in [0.15, 0.2) is 0 Å². The molecule has 2 aliphatic carbocycles. The lowest BCUT2D eigenvalue weighted by atomic mass is 9.55. The van der Waals surface area contributed by atoms with Crippen molar-refractivity contribution < 1.29 is 4.74 Å². The molecule has 2 N–H and O–H groups in total. The molecule has 0 bridgehead atoms. The third kappa shape index (κ3) is 2.08. The summed E-state index contributed by atoms with van der Waals surface area (Å²) in [6.45, 7) is 0. The van der Waals surface area contributed by atoms with E-state index in [1.807, 2.05) is 24.3 Å². The second-order valence-corrected chi connectivity index (χ2v) is 6.62. The summed E-state index contributed by atoms with van der Waals surface area (Å²) in [5.74, 6) is 0.964. The van der Waals surface area contributed by atoms with E-state index >= 15 is 0 Å². The first-order valence-electron chi connectivity index (χ1n) is 6.88. The van der Waals surface area contributed by atoms with E-state index in [1.54, 1.807) is 0 Å². The fourth-order valence-corrected chi connectivity index (χ4v) is 3.93. The molecular weight excluding hydrogens is 290 g/mol. The molecule has 0 heterocycles. The predicted molar refractivity (Wildman–Crippen MR) is 76.7 cm³/mol. The van der Waals surface area contributed by atoms with Crippen molar-refractivity contribution in [2.24, 2.45) is 11.1 Å². The SMILES string of the molecule is NC1CC(Oc2cccc(Br)c2)C12CCCCC2. The normalized spacial score (nSPS) is 29.9. The fourth-order valence-electron chi connectivity index (χ4n) is 3.55. The molecule has 0 aromatic heterocycles. The van der Waals surface area contributed by atoms with Gasteiger partial charge in [-0.15, -0.1) is 0 Å². The Morgan fingerprint density at radius 1 is 1.22 bits per heavy atom. The molecule has 2 unspecified atom stereocenters. The van der Waals surface area contributed by atoms with Gasteiger partial charge in [0, 0.05) is 22.4 Å². The minimum atomic E-state index is 0.264. The molecule has 98 valence electrons. The Balaban J connectivity index is 1.73. The summed E-state index contributed by atoms with van der Waals surface area (Å²) in [6.07, 6.45) is 7.80. The van der Waals surface area contributed by atoms with E-state index in [4.69, 9.17) is 10.5 Å². The van der Waals surface area contributed by atoms with E-state index in [2.05, 4.69) is 15.9 Å². The van der Waals surface area contributed by atoms with Crippen molar-refractivity contribution in [2.75, 3.05) is 0 Å².